The third-order valence-corrected chi connectivity index (χ3v) is 4.55. The zero-order chi connectivity index (χ0) is 15.8. The Hall–Kier alpha value is -1.28. The van der Waals surface area contributed by atoms with E-state index in [-0.39, 0.29) is 24.0 Å². The summed E-state index contributed by atoms with van der Waals surface area (Å²) in [7, 11) is 3.47. The minimum atomic E-state index is 0. The number of halogens is 1. The fourth-order valence-corrected chi connectivity index (χ4v) is 2.86. The topological polar surface area (TPSA) is 45.7 Å². The molecule has 0 fully saturated rings. The molecule has 0 amide bonds. The molecule has 1 aromatic carbocycles. The van der Waals surface area contributed by atoms with Gasteiger partial charge in [-0.25, -0.2) is 0 Å². The van der Waals surface area contributed by atoms with Crippen molar-refractivity contribution in [2.75, 3.05) is 20.7 Å². The normalized spacial score (nSPS) is 12.2. The lowest BCUT2D eigenvalue weighted by molar-refractivity contribution is 0.414. The third-order valence-electron chi connectivity index (χ3n) is 3.45. The van der Waals surface area contributed by atoms with Crippen LogP contribution in [-0.2, 0) is 6.54 Å². The van der Waals surface area contributed by atoms with E-state index in [0.717, 1.165) is 24.8 Å². The largest absolute Gasteiger partial charge is 0.497 e. The summed E-state index contributed by atoms with van der Waals surface area (Å²) in [5.41, 5.74) is 1.19. The summed E-state index contributed by atoms with van der Waals surface area (Å²) in [6.45, 7) is 3.81. The van der Waals surface area contributed by atoms with Gasteiger partial charge in [-0.05, 0) is 29.1 Å². The van der Waals surface area contributed by atoms with Crippen LogP contribution < -0.4 is 15.4 Å². The van der Waals surface area contributed by atoms with Gasteiger partial charge in [-0.1, -0.05) is 25.1 Å². The molecule has 1 atom stereocenters. The molecule has 2 N–H and O–H groups in total. The van der Waals surface area contributed by atoms with Crippen LogP contribution in [0.5, 0.6) is 5.75 Å². The first-order chi connectivity index (χ1) is 10.7. The van der Waals surface area contributed by atoms with Gasteiger partial charge >= 0.3 is 0 Å². The summed E-state index contributed by atoms with van der Waals surface area (Å²) in [6.07, 6.45) is 0. The van der Waals surface area contributed by atoms with Crippen molar-refractivity contribution in [1.82, 2.24) is 10.6 Å². The Kier molecular flexibility index (Phi) is 9.01. The highest BCUT2D eigenvalue weighted by Gasteiger charge is 2.07. The zero-order valence-electron chi connectivity index (χ0n) is 13.7. The molecule has 23 heavy (non-hydrogen) atoms. The van der Waals surface area contributed by atoms with Gasteiger partial charge in [-0.2, -0.15) is 0 Å². The number of guanidine groups is 1. The van der Waals surface area contributed by atoms with Gasteiger partial charge in [0, 0.05) is 30.9 Å². The number of methoxy groups -OCH3 is 1. The maximum absolute atomic E-state index is 5.16. The molecular weight excluding hydrogens is 421 g/mol. The Bertz CT molecular complexity index is 584. The highest BCUT2D eigenvalue weighted by Crippen LogP contribution is 2.19. The Labute approximate surface area is 159 Å². The maximum Gasteiger partial charge on any atom is 0.191 e. The van der Waals surface area contributed by atoms with Crippen LogP contribution in [0.1, 0.15) is 23.3 Å². The maximum atomic E-state index is 5.16. The number of nitrogens with one attached hydrogen (secondary N) is 2. The summed E-state index contributed by atoms with van der Waals surface area (Å²) in [5, 5.41) is 8.81. The van der Waals surface area contributed by atoms with E-state index in [1.54, 1.807) is 25.5 Å². The van der Waals surface area contributed by atoms with Crippen LogP contribution in [0, 0.1) is 0 Å². The highest BCUT2D eigenvalue weighted by atomic mass is 127. The molecule has 0 saturated carbocycles. The molecule has 0 aliphatic rings. The Morgan fingerprint density at radius 2 is 1.96 bits per heavy atom. The van der Waals surface area contributed by atoms with Crippen LogP contribution in [0.3, 0.4) is 0 Å². The molecule has 0 spiro atoms. The lowest BCUT2D eigenvalue weighted by Crippen LogP contribution is -2.38. The first-order valence-electron chi connectivity index (χ1n) is 7.33. The molecule has 4 nitrogen and oxygen atoms in total. The Morgan fingerprint density at radius 3 is 2.52 bits per heavy atom. The summed E-state index contributed by atoms with van der Waals surface area (Å²) in [4.78, 5) is 5.65. The fourth-order valence-electron chi connectivity index (χ4n) is 2.07. The van der Waals surface area contributed by atoms with Crippen LogP contribution in [-0.4, -0.2) is 26.7 Å². The molecule has 1 aromatic heterocycles. The molecule has 2 rings (SSSR count). The molecule has 0 radical (unpaired) electrons. The van der Waals surface area contributed by atoms with Crippen molar-refractivity contribution in [2.45, 2.75) is 19.4 Å². The van der Waals surface area contributed by atoms with E-state index in [1.807, 2.05) is 24.3 Å². The van der Waals surface area contributed by atoms with Crippen molar-refractivity contribution in [3.05, 3.63) is 52.2 Å². The number of aliphatic imine (C=N–C) groups is 1. The molecule has 0 aliphatic carbocycles. The standard InChI is InChI=1S/C17H23N3OS.HI/c1-13(16-5-4-10-22-16)11-19-17(18-2)20-12-14-6-8-15(21-3)9-7-14;/h4-10,13H,11-12H2,1-3H3,(H2,18,19,20);1H. The van der Waals surface area contributed by atoms with Gasteiger partial charge in [0.15, 0.2) is 5.96 Å². The van der Waals surface area contributed by atoms with Gasteiger partial charge in [0.2, 0.25) is 0 Å². The first kappa shape index (κ1) is 19.8. The second kappa shape index (κ2) is 10.5. The van der Waals surface area contributed by atoms with Crippen molar-refractivity contribution in [2.24, 2.45) is 4.99 Å². The molecule has 0 aliphatic heterocycles. The number of hydrogen-bond donors (Lipinski definition) is 2. The fraction of sp³-hybridized carbons (Fsp3) is 0.353. The molecule has 6 heteroatoms. The number of hydrogen-bond acceptors (Lipinski definition) is 3. The summed E-state index contributed by atoms with van der Waals surface area (Å²) in [5.74, 6) is 2.16. The van der Waals surface area contributed by atoms with Crippen LogP contribution in [0.15, 0.2) is 46.8 Å². The van der Waals surface area contributed by atoms with Crippen molar-refractivity contribution < 1.29 is 4.74 Å². The van der Waals surface area contributed by atoms with Crippen LogP contribution in [0.4, 0.5) is 0 Å². The number of rotatable bonds is 6. The average Bonchev–Trinajstić information content (AvgIpc) is 3.10. The van der Waals surface area contributed by atoms with E-state index < -0.39 is 0 Å². The monoisotopic (exact) mass is 445 g/mol. The van der Waals surface area contributed by atoms with Gasteiger partial charge in [0.05, 0.1) is 7.11 Å². The minimum Gasteiger partial charge on any atom is -0.497 e. The summed E-state index contributed by atoms with van der Waals surface area (Å²) in [6, 6.07) is 12.3. The smallest absolute Gasteiger partial charge is 0.191 e. The first-order valence-corrected chi connectivity index (χ1v) is 8.21. The third kappa shape index (κ3) is 6.39. The van der Waals surface area contributed by atoms with Gasteiger partial charge in [-0.3, -0.25) is 4.99 Å². The zero-order valence-corrected chi connectivity index (χ0v) is 16.9. The highest BCUT2D eigenvalue weighted by molar-refractivity contribution is 14.0. The van der Waals surface area contributed by atoms with E-state index in [4.69, 9.17) is 4.74 Å². The lowest BCUT2D eigenvalue weighted by Gasteiger charge is -2.15. The Balaban J connectivity index is 0.00000264. The van der Waals surface area contributed by atoms with E-state index >= 15 is 0 Å². The van der Waals surface area contributed by atoms with E-state index in [1.165, 1.54) is 10.4 Å². The van der Waals surface area contributed by atoms with Gasteiger partial charge < -0.3 is 15.4 Å². The predicted molar refractivity (Wildman–Crippen MR) is 109 cm³/mol. The van der Waals surface area contributed by atoms with Crippen molar-refractivity contribution in [1.29, 1.82) is 0 Å². The average molecular weight is 445 g/mol. The van der Waals surface area contributed by atoms with Crippen LogP contribution in [0.25, 0.3) is 0 Å². The van der Waals surface area contributed by atoms with Gasteiger partial charge in [0.25, 0.3) is 0 Å². The minimum absolute atomic E-state index is 0. The molecule has 126 valence electrons. The van der Waals surface area contributed by atoms with E-state index in [9.17, 15) is 0 Å². The molecule has 0 saturated heterocycles. The number of nitrogens with zero attached hydrogens (tertiary/aromatic N) is 1. The molecule has 0 bridgehead atoms. The number of ether oxygens (including phenoxy) is 1. The van der Waals surface area contributed by atoms with Gasteiger partial charge in [0.1, 0.15) is 5.75 Å². The molecule has 1 heterocycles. The molecular formula is C17H24IN3OS. The van der Waals surface area contributed by atoms with Crippen LogP contribution >= 0.6 is 35.3 Å². The van der Waals surface area contributed by atoms with Gasteiger partial charge in [-0.15, -0.1) is 35.3 Å². The number of benzene rings is 1. The van der Waals surface area contributed by atoms with Crippen LogP contribution in [0.2, 0.25) is 0 Å². The summed E-state index contributed by atoms with van der Waals surface area (Å²) < 4.78 is 5.16. The van der Waals surface area contributed by atoms with Crippen molar-refractivity contribution >= 4 is 41.3 Å². The molecule has 1 unspecified atom stereocenters. The van der Waals surface area contributed by atoms with Crippen molar-refractivity contribution in [3.63, 3.8) is 0 Å². The second-order valence-electron chi connectivity index (χ2n) is 5.07. The Morgan fingerprint density at radius 1 is 1.22 bits per heavy atom. The SMILES string of the molecule is CN=C(NCc1ccc(OC)cc1)NCC(C)c1cccs1.I. The molecule has 2 aromatic rings. The van der Waals surface area contributed by atoms with E-state index in [0.29, 0.717) is 5.92 Å². The lowest BCUT2D eigenvalue weighted by atomic mass is 10.1. The summed E-state index contributed by atoms with van der Waals surface area (Å²) >= 11 is 1.79. The van der Waals surface area contributed by atoms with E-state index in [2.05, 4.69) is 40.1 Å². The van der Waals surface area contributed by atoms with Crippen molar-refractivity contribution in [3.8, 4) is 5.75 Å². The number of thiophene rings is 1. The quantitative estimate of drug-likeness (QED) is 0.404. The predicted octanol–water partition coefficient (Wildman–Crippen LogP) is 3.84. The second-order valence-corrected chi connectivity index (χ2v) is 6.05.